The molecule has 0 aliphatic heterocycles. The normalized spacial score (nSPS) is 11.3. The van der Waals surface area contributed by atoms with E-state index in [1.165, 1.54) is 14.2 Å². The van der Waals surface area contributed by atoms with Gasteiger partial charge in [0.05, 0.1) is 14.2 Å². The largest absolute Gasteiger partial charge is 0.504 e. The van der Waals surface area contributed by atoms with Crippen molar-refractivity contribution in [3.05, 3.63) is 47.5 Å². The number of aliphatic imine (C=N–C) groups is 2. The minimum atomic E-state index is 0.119. The lowest BCUT2D eigenvalue weighted by molar-refractivity contribution is 0.373. The van der Waals surface area contributed by atoms with Crippen molar-refractivity contribution in [3.8, 4) is 23.0 Å². The molecule has 2 rings (SSSR count). The van der Waals surface area contributed by atoms with E-state index in [4.69, 9.17) is 9.47 Å². The molecular weight excluding hydrogens is 332 g/mol. The number of hydrogen-bond acceptors (Lipinski definition) is 6. The summed E-state index contributed by atoms with van der Waals surface area (Å²) in [7, 11) is 3.04. The molecule has 0 amide bonds. The lowest BCUT2D eigenvalue weighted by Gasteiger charge is -2.03. The fourth-order valence-corrected chi connectivity index (χ4v) is 2.30. The summed E-state index contributed by atoms with van der Waals surface area (Å²) in [5.74, 6) is 1.12. The Morgan fingerprint density at radius 2 is 1.19 bits per heavy atom. The quantitative estimate of drug-likeness (QED) is 0.532. The molecule has 0 fully saturated rings. The van der Waals surface area contributed by atoms with E-state index in [0.717, 1.165) is 24.0 Å². The highest BCUT2D eigenvalue weighted by Crippen LogP contribution is 2.26. The topological polar surface area (TPSA) is 83.6 Å². The van der Waals surface area contributed by atoms with Crippen LogP contribution in [0.2, 0.25) is 0 Å². The first-order valence-corrected chi connectivity index (χ1v) is 8.37. The Morgan fingerprint density at radius 3 is 1.58 bits per heavy atom. The van der Waals surface area contributed by atoms with Crippen molar-refractivity contribution in [2.24, 2.45) is 9.98 Å². The molecule has 0 aromatic heterocycles. The molecular formula is C20H24N2O4. The Hall–Kier alpha value is -3.02. The molecule has 26 heavy (non-hydrogen) atoms. The molecule has 2 aromatic rings. The van der Waals surface area contributed by atoms with E-state index >= 15 is 0 Å². The highest BCUT2D eigenvalue weighted by atomic mass is 16.5. The number of phenolic OH excluding ortho intramolecular Hbond substituents is 2. The standard InChI is InChI=1S/C20H24N2O4/c1-25-19-11-15(5-7-17(19)23)13-21-9-3-4-10-22-14-16-6-8-18(24)20(12-16)26-2/h5-8,11-14,23-24H,3-4,9-10H2,1-2H3. The van der Waals surface area contributed by atoms with E-state index in [2.05, 4.69) is 9.98 Å². The van der Waals surface area contributed by atoms with Crippen LogP contribution in [0.4, 0.5) is 0 Å². The van der Waals surface area contributed by atoms with E-state index in [1.54, 1.807) is 48.8 Å². The minimum Gasteiger partial charge on any atom is -0.504 e. The van der Waals surface area contributed by atoms with Crippen molar-refractivity contribution in [2.75, 3.05) is 27.3 Å². The molecule has 6 heteroatoms. The van der Waals surface area contributed by atoms with Crippen LogP contribution in [0.1, 0.15) is 24.0 Å². The molecule has 0 atom stereocenters. The van der Waals surface area contributed by atoms with Crippen molar-refractivity contribution in [2.45, 2.75) is 12.8 Å². The zero-order valence-corrected chi connectivity index (χ0v) is 15.1. The lowest BCUT2D eigenvalue weighted by Crippen LogP contribution is -1.91. The molecule has 0 saturated heterocycles. The average Bonchev–Trinajstić information content (AvgIpc) is 2.66. The van der Waals surface area contributed by atoms with Crippen LogP contribution in [0, 0.1) is 0 Å². The van der Waals surface area contributed by atoms with Crippen LogP contribution < -0.4 is 9.47 Å². The second kappa shape index (κ2) is 10.1. The number of rotatable bonds is 9. The maximum absolute atomic E-state index is 9.55. The van der Waals surface area contributed by atoms with Gasteiger partial charge in [0.25, 0.3) is 0 Å². The predicted octanol–water partition coefficient (Wildman–Crippen LogP) is 3.43. The predicted molar refractivity (Wildman–Crippen MR) is 103 cm³/mol. The number of unbranched alkanes of at least 4 members (excludes halogenated alkanes) is 1. The van der Waals surface area contributed by atoms with Gasteiger partial charge in [-0.2, -0.15) is 0 Å². The van der Waals surface area contributed by atoms with Crippen molar-refractivity contribution < 1.29 is 19.7 Å². The minimum absolute atomic E-state index is 0.119. The van der Waals surface area contributed by atoms with Gasteiger partial charge in [-0.1, -0.05) is 0 Å². The fourth-order valence-electron chi connectivity index (χ4n) is 2.30. The second-order valence-electron chi connectivity index (χ2n) is 5.64. The van der Waals surface area contributed by atoms with Gasteiger partial charge in [0.2, 0.25) is 0 Å². The van der Waals surface area contributed by atoms with Gasteiger partial charge in [-0.25, -0.2) is 0 Å². The molecule has 0 saturated carbocycles. The first kappa shape index (κ1) is 19.3. The Bertz CT molecular complexity index is 707. The van der Waals surface area contributed by atoms with Gasteiger partial charge in [0, 0.05) is 25.5 Å². The number of phenols is 2. The molecule has 6 nitrogen and oxygen atoms in total. The van der Waals surface area contributed by atoms with E-state index in [-0.39, 0.29) is 11.5 Å². The second-order valence-corrected chi connectivity index (χ2v) is 5.64. The summed E-state index contributed by atoms with van der Waals surface area (Å²) in [6, 6.07) is 10.2. The summed E-state index contributed by atoms with van der Waals surface area (Å²) in [6.45, 7) is 1.43. The Kier molecular flexibility index (Phi) is 7.49. The summed E-state index contributed by atoms with van der Waals surface area (Å²) in [5, 5.41) is 19.1. The average molecular weight is 356 g/mol. The van der Waals surface area contributed by atoms with Gasteiger partial charge in [0.15, 0.2) is 23.0 Å². The molecule has 0 aliphatic rings. The number of methoxy groups -OCH3 is 2. The first-order chi connectivity index (χ1) is 12.6. The Balaban J connectivity index is 1.70. The number of hydrogen-bond donors (Lipinski definition) is 2. The van der Waals surface area contributed by atoms with Crippen LogP contribution in [0.15, 0.2) is 46.4 Å². The highest BCUT2D eigenvalue weighted by molar-refractivity contribution is 5.81. The van der Waals surface area contributed by atoms with Gasteiger partial charge in [-0.3, -0.25) is 9.98 Å². The lowest BCUT2D eigenvalue weighted by atomic mass is 10.2. The van der Waals surface area contributed by atoms with Crippen LogP contribution in [0.5, 0.6) is 23.0 Å². The maximum Gasteiger partial charge on any atom is 0.161 e. The van der Waals surface area contributed by atoms with Crippen molar-refractivity contribution in [1.29, 1.82) is 0 Å². The van der Waals surface area contributed by atoms with Crippen LogP contribution >= 0.6 is 0 Å². The van der Waals surface area contributed by atoms with E-state index in [9.17, 15) is 10.2 Å². The molecule has 0 aliphatic carbocycles. The summed E-state index contributed by atoms with van der Waals surface area (Å²) in [5.41, 5.74) is 1.78. The van der Waals surface area contributed by atoms with Crippen LogP contribution in [0.25, 0.3) is 0 Å². The molecule has 2 aromatic carbocycles. The summed E-state index contributed by atoms with van der Waals surface area (Å²) in [4.78, 5) is 8.75. The number of ether oxygens (including phenoxy) is 2. The molecule has 2 N–H and O–H groups in total. The summed E-state index contributed by atoms with van der Waals surface area (Å²) in [6.07, 6.45) is 5.41. The maximum atomic E-state index is 9.55. The molecule has 0 unspecified atom stereocenters. The van der Waals surface area contributed by atoms with Crippen LogP contribution in [0.3, 0.4) is 0 Å². The third-order valence-electron chi connectivity index (χ3n) is 3.71. The van der Waals surface area contributed by atoms with Crippen molar-refractivity contribution >= 4 is 12.4 Å². The smallest absolute Gasteiger partial charge is 0.161 e. The highest BCUT2D eigenvalue weighted by Gasteiger charge is 2.01. The summed E-state index contributed by atoms with van der Waals surface area (Å²) < 4.78 is 10.1. The number of aromatic hydroxyl groups is 2. The van der Waals surface area contributed by atoms with Crippen LogP contribution in [-0.2, 0) is 0 Å². The van der Waals surface area contributed by atoms with E-state index < -0.39 is 0 Å². The van der Waals surface area contributed by atoms with Crippen molar-refractivity contribution in [3.63, 3.8) is 0 Å². The van der Waals surface area contributed by atoms with Crippen LogP contribution in [-0.4, -0.2) is 50.0 Å². The Labute approximate surface area is 153 Å². The third-order valence-corrected chi connectivity index (χ3v) is 3.71. The first-order valence-electron chi connectivity index (χ1n) is 8.37. The molecule has 0 heterocycles. The number of benzene rings is 2. The fraction of sp³-hybridized carbons (Fsp3) is 0.300. The monoisotopic (exact) mass is 356 g/mol. The SMILES string of the molecule is COc1cc(C=NCCCCN=Cc2ccc(O)c(OC)c2)ccc1O. The van der Waals surface area contributed by atoms with E-state index in [0.29, 0.717) is 24.6 Å². The third kappa shape index (κ3) is 5.81. The molecule has 0 bridgehead atoms. The van der Waals surface area contributed by atoms with Gasteiger partial charge in [-0.05, 0) is 60.4 Å². The van der Waals surface area contributed by atoms with E-state index in [1.807, 2.05) is 0 Å². The van der Waals surface area contributed by atoms with Gasteiger partial charge >= 0.3 is 0 Å². The molecule has 138 valence electrons. The van der Waals surface area contributed by atoms with Gasteiger partial charge < -0.3 is 19.7 Å². The van der Waals surface area contributed by atoms with Gasteiger partial charge in [0.1, 0.15) is 0 Å². The molecule has 0 spiro atoms. The van der Waals surface area contributed by atoms with Crippen molar-refractivity contribution in [1.82, 2.24) is 0 Å². The zero-order valence-electron chi connectivity index (χ0n) is 15.1. The zero-order chi connectivity index (χ0) is 18.8. The summed E-state index contributed by atoms with van der Waals surface area (Å²) >= 11 is 0. The molecule has 0 radical (unpaired) electrons. The number of nitrogens with zero attached hydrogens (tertiary/aromatic N) is 2. The van der Waals surface area contributed by atoms with Gasteiger partial charge in [-0.15, -0.1) is 0 Å². The Morgan fingerprint density at radius 1 is 0.769 bits per heavy atom.